The lowest BCUT2D eigenvalue weighted by Gasteiger charge is -2.23. The van der Waals surface area contributed by atoms with E-state index in [0.717, 1.165) is 5.56 Å². The van der Waals surface area contributed by atoms with Crippen molar-refractivity contribution in [1.29, 1.82) is 0 Å². The van der Waals surface area contributed by atoms with Crippen molar-refractivity contribution >= 4 is 10.0 Å². The van der Waals surface area contributed by atoms with Crippen molar-refractivity contribution in [2.75, 3.05) is 13.2 Å². The Morgan fingerprint density at radius 2 is 1.89 bits per heavy atom. The number of aryl methyl sites for hydroxylation is 1. The molecule has 1 aliphatic heterocycles. The Labute approximate surface area is 113 Å². The van der Waals surface area contributed by atoms with Crippen LogP contribution in [0.3, 0.4) is 0 Å². The first-order valence-electron chi connectivity index (χ1n) is 6.25. The molecule has 2 N–H and O–H groups in total. The molecule has 1 heterocycles. The van der Waals surface area contributed by atoms with Crippen molar-refractivity contribution in [3.63, 3.8) is 0 Å². The highest BCUT2D eigenvalue weighted by Crippen LogP contribution is 2.29. The standard InChI is InChI=1S/C13H19NO4S/c1-9-3-5-11(6-4-9)19(17,18)14-7-10(2)13(16)12(14)8-15/h3-6,10,12-13,15-16H,7-8H2,1-2H3/t10-,12?,13+/m0/s1. The van der Waals surface area contributed by atoms with Gasteiger partial charge in [0.1, 0.15) is 0 Å². The summed E-state index contributed by atoms with van der Waals surface area (Å²) in [6.45, 7) is 3.51. The lowest BCUT2D eigenvalue weighted by atomic mass is 10.1. The fraction of sp³-hybridized carbons (Fsp3) is 0.538. The van der Waals surface area contributed by atoms with Crippen LogP contribution in [0.4, 0.5) is 0 Å². The van der Waals surface area contributed by atoms with Gasteiger partial charge in [-0.1, -0.05) is 24.6 Å². The minimum atomic E-state index is -3.67. The van der Waals surface area contributed by atoms with Crippen LogP contribution in [-0.4, -0.2) is 48.2 Å². The van der Waals surface area contributed by atoms with Crippen LogP contribution in [-0.2, 0) is 10.0 Å². The predicted octanol–water partition coefficient (Wildman–Crippen LogP) is 0.357. The van der Waals surface area contributed by atoms with Crippen molar-refractivity contribution in [3.05, 3.63) is 29.8 Å². The third-order valence-corrected chi connectivity index (χ3v) is 5.53. The molecule has 1 saturated heterocycles. The molecule has 0 aromatic heterocycles. The van der Waals surface area contributed by atoms with Gasteiger partial charge < -0.3 is 10.2 Å². The average molecular weight is 285 g/mol. The summed E-state index contributed by atoms with van der Waals surface area (Å²) in [6.07, 6.45) is -0.828. The van der Waals surface area contributed by atoms with Crippen molar-refractivity contribution in [3.8, 4) is 0 Å². The molecular weight excluding hydrogens is 266 g/mol. The second-order valence-electron chi connectivity index (χ2n) is 5.11. The van der Waals surface area contributed by atoms with Crippen LogP contribution >= 0.6 is 0 Å². The number of benzene rings is 1. The highest BCUT2D eigenvalue weighted by molar-refractivity contribution is 7.89. The maximum Gasteiger partial charge on any atom is 0.243 e. The van der Waals surface area contributed by atoms with Gasteiger partial charge in [0.25, 0.3) is 0 Å². The second-order valence-corrected chi connectivity index (χ2v) is 7.00. The van der Waals surface area contributed by atoms with Crippen LogP contribution in [0.25, 0.3) is 0 Å². The summed E-state index contributed by atoms with van der Waals surface area (Å²) < 4.78 is 26.2. The number of aliphatic hydroxyl groups excluding tert-OH is 2. The van der Waals surface area contributed by atoms with Crippen molar-refractivity contribution in [2.45, 2.75) is 30.9 Å². The molecule has 2 rings (SSSR count). The van der Waals surface area contributed by atoms with Crippen LogP contribution < -0.4 is 0 Å². The molecule has 5 nitrogen and oxygen atoms in total. The number of nitrogens with zero attached hydrogens (tertiary/aromatic N) is 1. The number of sulfonamides is 1. The van der Waals surface area contributed by atoms with Crippen molar-refractivity contribution in [2.24, 2.45) is 5.92 Å². The molecule has 1 aromatic carbocycles. The smallest absolute Gasteiger partial charge is 0.243 e. The van der Waals surface area contributed by atoms with E-state index in [2.05, 4.69) is 0 Å². The zero-order valence-electron chi connectivity index (χ0n) is 11.0. The third kappa shape index (κ3) is 2.53. The first-order chi connectivity index (χ1) is 8.87. The monoisotopic (exact) mass is 285 g/mol. The zero-order valence-corrected chi connectivity index (χ0v) is 11.8. The maximum atomic E-state index is 12.5. The molecular formula is C13H19NO4S. The van der Waals surface area contributed by atoms with Crippen molar-refractivity contribution in [1.82, 2.24) is 4.31 Å². The Hall–Kier alpha value is -0.950. The number of rotatable bonds is 3. The van der Waals surface area contributed by atoms with E-state index in [9.17, 15) is 18.6 Å². The zero-order chi connectivity index (χ0) is 14.2. The quantitative estimate of drug-likeness (QED) is 0.840. The average Bonchev–Trinajstić information content (AvgIpc) is 2.66. The van der Waals surface area contributed by atoms with E-state index in [1.54, 1.807) is 31.2 Å². The van der Waals surface area contributed by atoms with Gasteiger partial charge in [0.05, 0.1) is 23.6 Å². The lowest BCUT2D eigenvalue weighted by Crippen LogP contribution is -2.42. The van der Waals surface area contributed by atoms with Gasteiger partial charge in [-0.05, 0) is 25.0 Å². The first kappa shape index (κ1) is 14.5. The lowest BCUT2D eigenvalue weighted by molar-refractivity contribution is 0.0807. The summed E-state index contributed by atoms with van der Waals surface area (Å²) >= 11 is 0. The molecule has 3 atom stereocenters. The Morgan fingerprint density at radius 3 is 2.42 bits per heavy atom. The molecule has 19 heavy (non-hydrogen) atoms. The summed E-state index contributed by atoms with van der Waals surface area (Å²) in [5, 5.41) is 19.2. The van der Waals surface area contributed by atoms with Crippen LogP contribution in [0.2, 0.25) is 0 Å². The van der Waals surface area contributed by atoms with E-state index in [0.29, 0.717) is 0 Å². The predicted molar refractivity (Wildman–Crippen MR) is 71.1 cm³/mol. The van der Waals surface area contributed by atoms with Gasteiger partial charge in [0, 0.05) is 6.54 Å². The van der Waals surface area contributed by atoms with E-state index in [1.807, 2.05) is 6.92 Å². The molecule has 1 unspecified atom stereocenters. The molecule has 106 valence electrons. The normalized spacial score (nSPS) is 28.7. The SMILES string of the molecule is Cc1ccc(S(=O)(=O)N2C[C@H](C)[C@@H](O)C2CO)cc1. The highest BCUT2D eigenvalue weighted by atomic mass is 32.2. The molecule has 6 heteroatoms. The topological polar surface area (TPSA) is 77.8 Å². The summed E-state index contributed by atoms with van der Waals surface area (Å²) in [7, 11) is -3.67. The maximum absolute atomic E-state index is 12.5. The Bertz CT molecular complexity index is 540. The van der Waals surface area contributed by atoms with E-state index in [1.165, 1.54) is 4.31 Å². The van der Waals surface area contributed by atoms with Crippen LogP contribution in [0.15, 0.2) is 29.2 Å². The number of hydrogen-bond donors (Lipinski definition) is 2. The largest absolute Gasteiger partial charge is 0.395 e. The van der Waals surface area contributed by atoms with E-state index in [-0.39, 0.29) is 24.0 Å². The molecule has 0 aliphatic carbocycles. The van der Waals surface area contributed by atoms with E-state index in [4.69, 9.17) is 0 Å². The molecule has 1 aliphatic rings. The summed E-state index contributed by atoms with van der Waals surface area (Å²) in [6, 6.07) is 5.80. The molecule has 0 radical (unpaired) electrons. The van der Waals surface area contributed by atoms with Gasteiger partial charge >= 0.3 is 0 Å². The summed E-state index contributed by atoms with van der Waals surface area (Å²) in [5.41, 5.74) is 0.979. The van der Waals surface area contributed by atoms with Gasteiger partial charge in [-0.25, -0.2) is 8.42 Å². The van der Waals surface area contributed by atoms with E-state index < -0.39 is 22.2 Å². The second kappa shape index (κ2) is 5.20. The Morgan fingerprint density at radius 1 is 1.32 bits per heavy atom. The number of aliphatic hydroxyl groups is 2. The third-order valence-electron chi connectivity index (χ3n) is 3.63. The van der Waals surface area contributed by atoms with Gasteiger partial charge in [0.2, 0.25) is 10.0 Å². The fourth-order valence-electron chi connectivity index (χ4n) is 2.40. The molecule has 0 saturated carbocycles. The molecule has 0 bridgehead atoms. The van der Waals surface area contributed by atoms with Crippen LogP contribution in [0.1, 0.15) is 12.5 Å². The number of hydrogen-bond acceptors (Lipinski definition) is 4. The molecule has 0 amide bonds. The van der Waals surface area contributed by atoms with Gasteiger partial charge in [0.15, 0.2) is 0 Å². The summed E-state index contributed by atoms with van der Waals surface area (Å²) in [5.74, 6) is -0.183. The fourth-order valence-corrected chi connectivity index (χ4v) is 4.13. The summed E-state index contributed by atoms with van der Waals surface area (Å²) in [4.78, 5) is 0.192. The highest BCUT2D eigenvalue weighted by Gasteiger charge is 2.44. The molecule has 1 fully saturated rings. The Kier molecular flexibility index (Phi) is 3.96. The first-order valence-corrected chi connectivity index (χ1v) is 7.69. The van der Waals surface area contributed by atoms with Gasteiger partial charge in [-0.2, -0.15) is 4.31 Å². The van der Waals surface area contributed by atoms with Gasteiger partial charge in [-0.15, -0.1) is 0 Å². The van der Waals surface area contributed by atoms with Crippen LogP contribution in [0, 0.1) is 12.8 Å². The minimum Gasteiger partial charge on any atom is -0.395 e. The van der Waals surface area contributed by atoms with Crippen LogP contribution in [0.5, 0.6) is 0 Å². The minimum absolute atomic E-state index is 0.183. The van der Waals surface area contributed by atoms with Gasteiger partial charge in [-0.3, -0.25) is 0 Å². The molecule has 1 aromatic rings. The molecule has 0 spiro atoms. The Balaban J connectivity index is 2.37. The van der Waals surface area contributed by atoms with E-state index >= 15 is 0 Å². The van der Waals surface area contributed by atoms with Crippen molar-refractivity contribution < 1.29 is 18.6 Å².